The van der Waals surface area contributed by atoms with E-state index < -0.39 is 0 Å². The van der Waals surface area contributed by atoms with Gasteiger partial charge in [-0.15, -0.1) is 0 Å². The van der Waals surface area contributed by atoms with E-state index in [-0.39, 0.29) is 0 Å². The van der Waals surface area contributed by atoms with Crippen molar-refractivity contribution in [3.05, 3.63) is 47.7 Å². The summed E-state index contributed by atoms with van der Waals surface area (Å²) in [4.78, 5) is 3.94. The van der Waals surface area contributed by atoms with Crippen LogP contribution in [-0.4, -0.2) is 21.4 Å². The van der Waals surface area contributed by atoms with Crippen LogP contribution in [0, 0.1) is 0 Å². The van der Waals surface area contributed by atoms with Gasteiger partial charge in [-0.05, 0) is 24.6 Å². The molecule has 0 unspecified atom stereocenters. The highest BCUT2D eigenvalue weighted by Gasteiger charge is 2.04. The fraction of sp³-hybridized carbons (Fsp3) is 0.286. The Hall–Kier alpha value is -1.81. The monoisotopic (exact) mass is 277 g/mol. The second-order valence-corrected chi connectivity index (χ2v) is 4.51. The number of aromatic nitrogens is 3. The van der Waals surface area contributed by atoms with E-state index in [9.17, 15) is 0 Å². The maximum atomic E-state index is 6.02. The van der Waals surface area contributed by atoms with Crippen LogP contribution in [0.3, 0.4) is 0 Å². The molecule has 0 atom stereocenters. The highest BCUT2D eigenvalue weighted by Crippen LogP contribution is 2.20. The van der Waals surface area contributed by atoms with Gasteiger partial charge in [-0.3, -0.25) is 0 Å². The molecule has 100 valence electrons. The molecule has 0 fully saturated rings. The first-order valence-corrected chi connectivity index (χ1v) is 6.61. The molecule has 0 aliphatic heterocycles. The lowest BCUT2D eigenvalue weighted by Gasteiger charge is -2.06. The van der Waals surface area contributed by atoms with Crippen molar-refractivity contribution in [1.82, 2.24) is 14.8 Å². The summed E-state index contributed by atoms with van der Waals surface area (Å²) in [5.41, 5.74) is 1.85. The molecule has 1 aromatic heterocycles. The van der Waals surface area contributed by atoms with E-state index in [2.05, 4.69) is 17.0 Å². The third-order valence-corrected chi connectivity index (χ3v) is 2.85. The number of unbranched alkanes of at least 4 members (excludes halogenated alkanes) is 1. The number of benzene rings is 1. The van der Waals surface area contributed by atoms with Crippen LogP contribution >= 0.6 is 11.6 Å². The predicted molar refractivity (Wildman–Crippen MR) is 76.3 cm³/mol. The summed E-state index contributed by atoms with van der Waals surface area (Å²) in [6, 6.07) is 5.62. The van der Waals surface area contributed by atoms with E-state index in [4.69, 9.17) is 16.3 Å². The summed E-state index contributed by atoms with van der Waals surface area (Å²) in [5, 5.41) is 4.78. The Balaban J connectivity index is 2.16. The highest BCUT2D eigenvalue weighted by molar-refractivity contribution is 6.30. The number of halogens is 1. The Kier molecular flexibility index (Phi) is 4.98. The van der Waals surface area contributed by atoms with Crippen LogP contribution < -0.4 is 0 Å². The first kappa shape index (κ1) is 13.6. The van der Waals surface area contributed by atoms with Crippen LogP contribution in [0.4, 0.5) is 0 Å². The van der Waals surface area contributed by atoms with Crippen molar-refractivity contribution in [2.45, 2.75) is 19.8 Å². The van der Waals surface area contributed by atoms with Gasteiger partial charge in [-0.2, -0.15) is 5.10 Å². The molecule has 0 aliphatic rings. The largest absolute Gasteiger partial charge is 0.501 e. The van der Waals surface area contributed by atoms with E-state index >= 15 is 0 Å². The quantitative estimate of drug-likeness (QED) is 0.597. The molecule has 5 heteroatoms. The van der Waals surface area contributed by atoms with Crippen molar-refractivity contribution in [2.24, 2.45) is 0 Å². The van der Waals surface area contributed by atoms with Gasteiger partial charge >= 0.3 is 0 Å². The minimum absolute atomic E-state index is 0.662. The topological polar surface area (TPSA) is 39.9 Å². The molecular formula is C14H16ClN3O. The fourth-order valence-corrected chi connectivity index (χ4v) is 1.77. The van der Waals surface area contributed by atoms with Crippen molar-refractivity contribution in [3.8, 4) is 5.69 Å². The van der Waals surface area contributed by atoms with Crippen LogP contribution in [0.1, 0.15) is 25.3 Å². The lowest BCUT2D eigenvalue weighted by atomic mass is 10.2. The SMILES string of the molecule is CCCCOC=Cc1ccc(Cl)cc1-n1cncn1. The molecule has 1 aromatic carbocycles. The molecule has 2 rings (SSSR count). The summed E-state index contributed by atoms with van der Waals surface area (Å²) in [5.74, 6) is 0. The van der Waals surface area contributed by atoms with Gasteiger partial charge in [0.15, 0.2) is 0 Å². The van der Waals surface area contributed by atoms with Crippen LogP contribution in [-0.2, 0) is 4.74 Å². The molecule has 0 saturated heterocycles. The van der Waals surface area contributed by atoms with Crippen LogP contribution in [0.2, 0.25) is 5.02 Å². The summed E-state index contributed by atoms with van der Waals surface area (Å²) < 4.78 is 7.10. The Labute approximate surface area is 117 Å². The summed E-state index contributed by atoms with van der Waals surface area (Å²) in [6.07, 6.45) is 8.93. The zero-order valence-corrected chi connectivity index (χ0v) is 11.5. The first-order valence-electron chi connectivity index (χ1n) is 6.24. The van der Waals surface area contributed by atoms with Crippen molar-refractivity contribution < 1.29 is 4.74 Å². The van der Waals surface area contributed by atoms with Gasteiger partial charge < -0.3 is 4.74 Å². The van der Waals surface area contributed by atoms with Crippen molar-refractivity contribution >= 4 is 17.7 Å². The molecule has 0 N–H and O–H groups in total. The third-order valence-electron chi connectivity index (χ3n) is 2.62. The first-order chi connectivity index (χ1) is 9.31. The molecule has 0 aliphatic carbocycles. The lowest BCUT2D eigenvalue weighted by molar-refractivity contribution is 0.246. The molecular weight excluding hydrogens is 262 g/mol. The van der Waals surface area contributed by atoms with E-state index in [1.165, 1.54) is 6.33 Å². The molecule has 19 heavy (non-hydrogen) atoms. The van der Waals surface area contributed by atoms with E-state index in [1.54, 1.807) is 17.3 Å². The normalized spacial score (nSPS) is 11.1. The Morgan fingerprint density at radius 1 is 1.42 bits per heavy atom. The minimum atomic E-state index is 0.662. The molecule has 0 spiro atoms. The second-order valence-electron chi connectivity index (χ2n) is 4.07. The smallest absolute Gasteiger partial charge is 0.138 e. The maximum absolute atomic E-state index is 6.02. The zero-order valence-electron chi connectivity index (χ0n) is 10.8. The van der Waals surface area contributed by atoms with Crippen LogP contribution in [0.5, 0.6) is 0 Å². The molecule has 4 nitrogen and oxygen atoms in total. The molecule has 2 aromatic rings. The summed E-state index contributed by atoms with van der Waals surface area (Å²) in [7, 11) is 0. The minimum Gasteiger partial charge on any atom is -0.501 e. The molecule has 0 saturated carbocycles. The number of nitrogens with zero attached hydrogens (tertiary/aromatic N) is 3. The maximum Gasteiger partial charge on any atom is 0.138 e. The van der Waals surface area contributed by atoms with Gasteiger partial charge in [0, 0.05) is 10.6 Å². The second kappa shape index (κ2) is 6.95. The number of hydrogen-bond acceptors (Lipinski definition) is 3. The van der Waals surface area contributed by atoms with Crippen molar-refractivity contribution in [2.75, 3.05) is 6.61 Å². The molecule has 0 amide bonds. The fourth-order valence-electron chi connectivity index (χ4n) is 1.61. The standard InChI is InChI=1S/C14H16ClN3O/c1-2-3-7-19-8-6-12-4-5-13(15)9-14(12)18-11-16-10-17-18/h4-6,8-11H,2-3,7H2,1H3. The number of rotatable bonds is 6. The number of hydrogen-bond donors (Lipinski definition) is 0. The van der Waals surface area contributed by atoms with Gasteiger partial charge in [0.25, 0.3) is 0 Å². The zero-order chi connectivity index (χ0) is 13.5. The Morgan fingerprint density at radius 3 is 3.05 bits per heavy atom. The van der Waals surface area contributed by atoms with E-state index in [0.717, 1.165) is 30.7 Å². The molecule has 1 heterocycles. The van der Waals surface area contributed by atoms with Crippen LogP contribution in [0.25, 0.3) is 11.8 Å². The van der Waals surface area contributed by atoms with E-state index in [1.807, 2.05) is 24.3 Å². The Morgan fingerprint density at radius 2 is 2.32 bits per heavy atom. The third kappa shape index (κ3) is 3.83. The van der Waals surface area contributed by atoms with Crippen molar-refractivity contribution in [1.29, 1.82) is 0 Å². The summed E-state index contributed by atoms with van der Waals surface area (Å²) >= 11 is 6.02. The Bertz CT molecular complexity index is 538. The average Bonchev–Trinajstić information content (AvgIpc) is 2.94. The summed E-state index contributed by atoms with van der Waals surface area (Å²) in [6.45, 7) is 2.87. The van der Waals surface area contributed by atoms with Gasteiger partial charge in [0.05, 0.1) is 18.6 Å². The number of ether oxygens (including phenoxy) is 1. The van der Waals surface area contributed by atoms with Crippen molar-refractivity contribution in [3.63, 3.8) is 0 Å². The highest BCUT2D eigenvalue weighted by atomic mass is 35.5. The molecule has 0 bridgehead atoms. The van der Waals surface area contributed by atoms with Gasteiger partial charge in [0.1, 0.15) is 12.7 Å². The van der Waals surface area contributed by atoms with Crippen LogP contribution in [0.15, 0.2) is 37.1 Å². The van der Waals surface area contributed by atoms with Gasteiger partial charge in [0.2, 0.25) is 0 Å². The molecule has 0 radical (unpaired) electrons. The van der Waals surface area contributed by atoms with Gasteiger partial charge in [-0.1, -0.05) is 31.0 Å². The lowest BCUT2D eigenvalue weighted by Crippen LogP contribution is -1.97. The predicted octanol–water partition coefficient (Wildman–Crippen LogP) is 3.71. The average molecular weight is 278 g/mol. The van der Waals surface area contributed by atoms with Gasteiger partial charge in [-0.25, -0.2) is 9.67 Å². The van der Waals surface area contributed by atoms with E-state index in [0.29, 0.717) is 5.02 Å².